The summed E-state index contributed by atoms with van der Waals surface area (Å²) in [6.45, 7) is 9.40. The highest BCUT2D eigenvalue weighted by Gasteiger charge is 1.95. The second-order valence-corrected chi connectivity index (χ2v) is 2.67. The Bertz CT molecular complexity index is 318. The van der Waals surface area contributed by atoms with E-state index < -0.39 is 0 Å². The Morgan fingerprint density at radius 2 is 2.38 bits per heavy atom. The van der Waals surface area contributed by atoms with Gasteiger partial charge in [0, 0.05) is 6.54 Å². The van der Waals surface area contributed by atoms with Crippen LogP contribution in [-0.4, -0.2) is 5.91 Å². The summed E-state index contributed by atoms with van der Waals surface area (Å²) >= 11 is 0. The first-order chi connectivity index (χ1) is 6.22. The monoisotopic (exact) mass is 173 g/mol. The molecule has 0 atom stereocenters. The quantitative estimate of drug-likeness (QED) is 0.690. The van der Waals surface area contributed by atoms with Crippen molar-refractivity contribution in [2.45, 2.75) is 6.54 Å². The van der Waals surface area contributed by atoms with Crippen LogP contribution in [0.15, 0.2) is 36.9 Å². The molecule has 0 aromatic heterocycles. The Balaban J connectivity index is 2.54. The van der Waals surface area contributed by atoms with Crippen molar-refractivity contribution in [3.05, 3.63) is 55.0 Å². The smallest absolute Gasteiger partial charge is 0.243 e. The minimum absolute atomic E-state index is 0.178. The van der Waals surface area contributed by atoms with Crippen LogP contribution in [0.4, 0.5) is 0 Å². The molecule has 13 heavy (non-hydrogen) atoms. The van der Waals surface area contributed by atoms with Crippen molar-refractivity contribution in [3.63, 3.8) is 0 Å². The molecule has 0 saturated heterocycles. The summed E-state index contributed by atoms with van der Waals surface area (Å²) in [6, 6.07) is 7.38. The zero-order valence-electron chi connectivity index (χ0n) is 7.29. The van der Waals surface area contributed by atoms with E-state index in [-0.39, 0.29) is 5.91 Å². The Morgan fingerprint density at radius 3 is 3.00 bits per heavy atom. The van der Waals surface area contributed by atoms with Gasteiger partial charge in [-0.1, -0.05) is 30.8 Å². The fourth-order valence-corrected chi connectivity index (χ4v) is 0.964. The Kier molecular flexibility index (Phi) is 3.26. The lowest BCUT2D eigenvalue weighted by molar-refractivity contribution is -0.116. The van der Waals surface area contributed by atoms with Crippen LogP contribution in [-0.2, 0) is 11.3 Å². The van der Waals surface area contributed by atoms with Crippen molar-refractivity contribution in [2.24, 2.45) is 0 Å². The third-order valence-corrected chi connectivity index (χ3v) is 1.60. The average Bonchev–Trinajstić information content (AvgIpc) is 2.14. The fraction of sp³-hybridized carbons (Fsp3) is 0.0909. The summed E-state index contributed by atoms with van der Waals surface area (Å²) in [5.41, 5.74) is 1.68. The van der Waals surface area contributed by atoms with E-state index in [2.05, 4.69) is 11.9 Å². The van der Waals surface area contributed by atoms with Crippen LogP contribution in [0.2, 0.25) is 0 Å². The predicted octanol–water partition coefficient (Wildman–Crippen LogP) is 1.55. The van der Waals surface area contributed by atoms with Crippen molar-refractivity contribution in [3.8, 4) is 0 Å². The van der Waals surface area contributed by atoms with E-state index in [1.54, 1.807) is 6.07 Å². The van der Waals surface area contributed by atoms with Gasteiger partial charge in [-0.2, -0.15) is 0 Å². The highest BCUT2D eigenvalue weighted by Crippen LogP contribution is 2.02. The molecule has 2 nitrogen and oxygen atoms in total. The van der Waals surface area contributed by atoms with Gasteiger partial charge in [0.2, 0.25) is 5.91 Å². The SMILES string of the molecule is [CH]c1cccc(CNC(=O)C=C)c1. The zero-order chi connectivity index (χ0) is 9.68. The fourth-order valence-electron chi connectivity index (χ4n) is 0.964. The summed E-state index contributed by atoms with van der Waals surface area (Å²) in [6.07, 6.45) is 1.24. The first-order valence-electron chi connectivity index (χ1n) is 3.97. The Morgan fingerprint density at radius 1 is 1.62 bits per heavy atom. The normalized spacial score (nSPS) is 9.31. The van der Waals surface area contributed by atoms with Crippen molar-refractivity contribution >= 4 is 5.91 Å². The summed E-state index contributed by atoms with van der Waals surface area (Å²) in [4.78, 5) is 10.8. The third kappa shape index (κ3) is 3.11. The number of hydrogen-bond donors (Lipinski definition) is 1. The molecule has 0 heterocycles. The molecule has 0 bridgehead atoms. The first kappa shape index (κ1) is 9.52. The van der Waals surface area contributed by atoms with Gasteiger partial charge in [0.05, 0.1) is 0 Å². The lowest BCUT2D eigenvalue weighted by Crippen LogP contribution is -2.19. The summed E-state index contributed by atoms with van der Waals surface area (Å²) in [7, 11) is 0. The van der Waals surface area contributed by atoms with Gasteiger partial charge >= 0.3 is 0 Å². The molecular formula is C11H11NO. The number of hydrogen-bond acceptors (Lipinski definition) is 1. The van der Waals surface area contributed by atoms with E-state index in [0.717, 1.165) is 5.56 Å². The molecule has 2 radical (unpaired) electrons. The highest BCUT2D eigenvalue weighted by molar-refractivity contribution is 5.86. The third-order valence-electron chi connectivity index (χ3n) is 1.60. The number of carbonyl (C=O) groups excluding carboxylic acids is 1. The summed E-state index contributed by atoms with van der Waals surface area (Å²) in [5.74, 6) is -0.178. The lowest BCUT2D eigenvalue weighted by atomic mass is 10.1. The Hall–Kier alpha value is -1.57. The van der Waals surface area contributed by atoms with Crippen LogP contribution < -0.4 is 5.32 Å². The molecule has 1 rings (SSSR count). The molecular weight excluding hydrogens is 162 g/mol. The Labute approximate surface area is 78.3 Å². The van der Waals surface area contributed by atoms with E-state index in [0.29, 0.717) is 12.1 Å². The van der Waals surface area contributed by atoms with E-state index in [1.165, 1.54) is 6.08 Å². The molecule has 1 amide bonds. The van der Waals surface area contributed by atoms with E-state index in [4.69, 9.17) is 6.92 Å². The van der Waals surface area contributed by atoms with Crippen molar-refractivity contribution in [2.75, 3.05) is 0 Å². The molecule has 1 aromatic rings. The second-order valence-electron chi connectivity index (χ2n) is 2.67. The van der Waals surface area contributed by atoms with Gasteiger partial charge in [0.25, 0.3) is 0 Å². The maximum Gasteiger partial charge on any atom is 0.243 e. The van der Waals surface area contributed by atoms with Crippen LogP contribution in [0, 0.1) is 6.92 Å². The summed E-state index contributed by atoms with van der Waals surface area (Å²) in [5, 5.41) is 2.66. The number of rotatable bonds is 3. The minimum Gasteiger partial charge on any atom is -0.348 e. The number of carbonyl (C=O) groups is 1. The molecule has 0 aliphatic carbocycles. The standard InChI is InChI=1S/C11H11NO/c1-3-11(13)12-8-10-6-4-5-9(2)7-10/h2-7H,1,8H2,(H,12,13). The summed E-state index contributed by atoms with van der Waals surface area (Å²) < 4.78 is 0. The highest BCUT2D eigenvalue weighted by atomic mass is 16.1. The van der Waals surface area contributed by atoms with Gasteiger partial charge in [0.1, 0.15) is 0 Å². The van der Waals surface area contributed by atoms with Crippen molar-refractivity contribution in [1.82, 2.24) is 5.32 Å². The van der Waals surface area contributed by atoms with Crippen LogP contribution in [0.3, 0.4) is 0 Å². The number of benzene rings is 1. The average molecular weight is 173 g/mol. The van der Waals surface area contributed by atoms with Crippen LogP contribution >= 0.6 is 0 Å². The van der Waals surface area contributed by atoms with Crippen LogP contribution in [0.1, 0.15) is 11.1 Å². The molecule has 0 unspecified atom stereocenters. The van der Waals surface area contributed by atoms with Crippen molar-refractivity contribution < 1.29 is 4.79 Å². The molecule has 1 N–H and O–H groups in total. The van der Waals surface area contributed by atoms with E-state index in [1.807, 2.05) is 18.2 Å². The zero-order valence-corrected chi connectivity index (χ0v) is 7.29. The van der Waals surface area contributed by atoms with Crippen LogP contribution in [0.5, 0.6) is 0 Å². The van der Waals surface area contributed by atoms with Crippen molar-refractivity contribution in [1.29, 1.82) is 0 Å². The molecule has 0 spiro atoms. The largest absolute Gasteiger partial charge is 0.348 e. The molecule has 1 aromatic carbocycles. The van der Waals surface area contributed by atoms with Gasteiger partial charge in [-0.3, -0.25) is 4.79 Å². The number of nitrogens with one attached hydrogen (secondary N) is 1. The first-order valence-corrected chi connectivity index (χ1v) is 3.97. The van der Waals surface area contributed by atoms with Gasteiger partial charge in [-0.15, -0.1) is 0 Å². The second kappa shape index (κ2) is 4.45. The molecule has 0 fully saturated rings. The molecule has 2 heteroatoms. The molecule has 0 aliphatic rings. The maximum absolute atomic E-state index is 10.8. The van der Waals surface area contributed by atoms with Gasteiger partial charge in [0.15, 0.2) is 0 Å². The van der Waals surface area contributed by atoms with E-state index in [9.17, 15) is 4.79 Å². The van der Waals surface area contributed by atoms with Gasteiger partial charge < -0.3 is 5.32 Å². The van der Waals surface area contributed by atoms with Crippen LogP contribution in [0.25, 0.3) is 0 Å². The molecule has 0 aliphatic heterocycles. The minimum atomic E-state index is -0.178. The molecule has 0 saturated carbocycles. The predicted molar refractivity (Wildman–Crippen MR) is 51.9 cm³/mol. The van der Waals surface area contributed by atoms with Gasteiger partial charge in [-0.05, 0) is 24.1 Å². The van der Waals surface area contributed by atoms with E-state index >= 15 is 0 Å². The van der Waals surface area contributed by atoms with Gasteiger partial charge in [-0.25, -0.2) is 0 Å². The lowest BCUT2D eigenvalue weighted by Gasteiger charge is -2.02. The maximum atomic E-state index is 10.8. The topological polar surface area (TPSA) is 29.1 Å². The number of amides is 1. The molecule has 66 valence electrons.